The Kier molecular flexibility index (Phi) is 4.66. The standard InChI is InChI=1S/C20H21ClN4O/c1-13-10-14(8-9-22-13)15-6-7-19-23-11-18(25(19)12-15)20(26)24-17-5-3-2-4-16(17)21/h2-7,11-14,22H,8-10H2,1H3,(H,24,26)/t13-,14?/m1/s1. The molecule has 1 amide bonds. The van der Waals surface area contributed by atoms with Crippen LogP contribution < -0.4 is 10.6 Å². The van der Waals surface area contributed by atoms with Crippen LogP contribution in [-0.2, 0) is 0 Å². The molecule has 0 saturated carbocycles. The third kappa shape index (κ3) is 3.32. The molecule has 1 aliphatic heterocycles. The highest BCUT2D eigenvalue weighted by atomic mass is 35.5. The van der Waals surface area contributed by atoms with Gasteiger partial charge in [0.1, 0.15) is 11.3 Å². The Morgan fingerprint density at radius 3 is 2.96 bits per heavy atom. The zero-order chi connectivity index (χ0) is 18.1. The first kappa shape index (κ1) is 17.1. The number of carbonyl (C=O) groups excluding carboxylic acids is 1. The maximum Gasteiger partial charge on any atom is 0.274 e. The molecule has 0 bridgehead atoms. The largest absolute Gasteiger partial charge is 0.319 e. The molecular formula is C20H21ClN4O. The lowest BCUT2D eigenvalue weighted by Crippen LogP contribution is -2.34. The molecule has 3 aromatic rings. The minimum Gasteiger partial charge on any atom is -0.319 e. The summed E-state index contributed by atoms with van der Waals surface area (Å²) in [6.07, 6.45) is 5.86. The van der Waals surface area contributed by atoms with Crippen LogP contribution in [0, 0.1) is 0 Å². The molecule has 0 radical (unpaired) electrons. The number of hydrogen-bond donors (Lipinski definition) is 2. The second-order valence-electron chi connectivity index (χ2n) is 6.84. The molecule has 2 atom stereocenters. The molecule has 1 saturated heterocycles. The van der Waals surface area contributed by atoms with Gasteiger partial charge < -0.3 is 10.6 Å². The van der Waals surface area contributed by atoms with E-state index < -0.39 is 0 Å². The summed E-state index contributed by atoms with van der Waals surface area (Å²) >= 11 is 6.15. The van der Waals surface area contributed by atoms with Crippen LogP contribution >= 0.6 is 11.6 Å². The molecule has 5 nitrogen and oxygen atoms in total. The first-order valence-electron chi connectivity index (χ1n) is 8.88. The fourth-order valence-corrected chi connectivity index (χ4v) is 3.77. The number of rotatable bonds is 3. The van der Waals surface area contributed by atoms with Crippen molar-refractivity contribution < 1.29 is 4.79 Å². The van der Waals surface area contributed by atoms with Crippen molar-refractivity contribution >= 4 is 28.8 Å². The number of para-hydroxylation sites is 1. The summed E-state index contributed by atoms with van der Waals surface area (Å²) in [7, 11) is 0. The average molecular weight is 369 g/mol. The van der Waals surface area contributed by atoms with Gasteiger partial charge in [-0.1, -0.05) is 29.8 Å². The number of pyridine rings is 1. The van der Waals surface area contributed by atoms with E-state index in [-0.39, 0.29) is 5.91 Å². The Bertz CT molecular complexity index is 952. The highest BCUT2D eigenvalue weighted by Crippen LogP contribution is 2.28. The van der Waals surface area contributed by atoms with Crippen LogP contribution in [0.15, 0.2) is 48.8 Å². The first-order valence-corrected chi connectivity index (χ1v) is 9.26. The summed E-state index contributed by atoms with van der Waals surface area (Å²) in [5.41, 5.74) is 3.11. The number of fused-ring (bicyclic) bond motifs is 1. The van der Waals surface area contributed by atoms with E-state index in [2.05, 4.69) is 28.6 Å². The van der Waals surface area contributed by atoms with Gasteiger partial charge in [0.05, 0.1) is 16.9 Å². The number of benzene rings is 1. The number of halogens is 1. The maximum atomic E-state index is 12.7. The maximum absolute atomic E-state index is 12.7. The summed E-state index contributed by atoms with van der Waals surface area (Å²) in [5, 5.41) is 6.86. The Balaban J connectivity index is 1.64. The quantitative estimate of drug-likeness (QED) is 0.731. The summed E-state index contributed by atoms with van der Waals surface area (Å²) in [6, 6.07) is 11.8. The van der Waals surface area contributed by atoms with E-state index in [1.54, 1.807) is 18.3 Å². The highest BCUT2D eigenvalue weighted by Gasteiger charge is 2.21. The Morgan fingerprint density at radius 1 is 1.31 bits per heavy atom. The van der Waals surface area contributed by atoms with Crippen molar-refractivity contribution in [2.45, 2.75) is 31.7 Å². The van der Waals surface area contributed by atoms with E-state index in [4.69, 9.17) is 11.6 Å². The van der Waals surface area contributed by atoms with Crippen LogP contribution in [0.2, 0.25) is 5.02 Å². The van der Waals surface area contributed by atoms with Crippen molar-refractivity contribution in [3.8, 4) is 0 Å². The minimum atomic E-state index is -0.221. The molecule has 26 heavy (non-hydrogen) atoms. The Hall–Kier alpha value is -2.37. The van der Waals surface area contributed by atoms with Crippen LogP contribution in [0.3, 0.4) is 0 Å². The predicted octanol–water partition coefficient (Wildman–Crippen LogP) is 4.10. The van der Waals surface area contributed by atoms with Gasteiger partial charge in [-0.15, -0.1) is 0 Å². The zero-order valence-electron chi connectivity index (χ0n) is 14.6. The van der Waals surface area contributed by atoms with Crippen LogP contribution in [-0.4, -0.2) is 27.9 Å². The molecule has 0 aliphatic carbocycles. The van der Waals surface area contributed by atoms with Crippen molar-refractivity contribution in [2.75, 3.05) is 11.9 Å². The van der Waals surface area contributed by atoms with E-state index in [1.807, 2.05) is 28.8 Å². The number of nitrogens with zero attached hydrogens (tertiary/aromatic N) is 2. The molecule has 2 aromatic heterocycles. The van der Waals surface area contributed by atoms with Gasteiger partial charge in [-0.3, -0.25) is 9.20 Å². The number of nitrogens with one attached hydrogen (secondary N) is 2. The van der Waals surface area contributed by atoms with Crippen molar-refractivity contribution in [1.29, 1.82) is 0 Å². The molecule has 2 N–H and O–H groups in total. The third-order valence-electron chi connectivity index (χ3n) is 4.98. The molecule has 3 heterocycles. The topological polar surface area (TPSA) is 58.4 Å². The lowest BCUT2D eigenvalue weighted by Gasteiger charge is -2.28. The molecule has 134 valence electrons. The van der Waals surface area contributed by atoms with E-state index in [9.17, 15) is 4.79 Å². The number of carbonyl (C=O) groups is 1. The van der Waals surface area contributed by atoms with Gasteiger partial charge in [0, 0.05) is 12.2 Å². The second kappa shape index (κ2) is 7.09. The van der Waals surface area contributed by atoms with Gasteiger partial charge in [0.15, 0.2) is 0 Å². The Morgan fingerprint density at radius 2 is 2.15 bits per heavy atom. The van der Waals surface area contributed by atoms with Crippen molar-refractivity contribution in [3.63, 3.8) is 0 Å². The lowest BCUT2D eigenvalue weighted by molar-refractivity contribution is 0.102. The van der Waals surface area contributed by atoms with Gasteiger partial charge in [0.2, 0.25) is 0 Å². The predicted molar refractivity (Wildman–Crippen MR) is 104 cm³/mol. The van der Waals surface area contributed by atoms with Gasteiger partial charge in [-0.05, 0) is 56.0 Å². The highest BCUT2D eigenvalue weighted by molar-refractivity contribution is 6.33. The number of piperidine rings is 1. The fourth-order valence-electron chi connectivity index (χ4n) is 3.59. The number of hydrogen-bond acceptors (Lipinski definition) is 3. The van der Waals surface area contributed by atoms with E-state index >= 15 is 0 Å². The van der Waals surface area contributed by atoms with Gasteiger partial charge in [-0.25, -0.2) is 4.98 Å². The van der Waals surface area contributed by atoms with E-state index in [0.29, 0.717) is 28.4 Å². The Labute approximate surface area is 157 Å². The van der Waals surface area contributed by atoms with Crippen molar-refractivity contribution in [1.82, 2.24) is 14.7 Å². The van der Waals surface area contributed by atoms with Crippen LogP contribution in [0.5, 0.6) is 0 Å². The van der Waals surface area contributed by atoms with E-state index in [0.717, 1.165) is 25.0 Å². The summed E-state index contributed by atoms with van der Waals surface area (Å²) in [4.78, 5) is 17.1. The van der Waals surface area contributed by atoms with Crippen LogP contribution in [0.4, 0.5) is 5.69 Å². The summed E-state index contributed by atoms with van der Waals surface area (Å²) in [6.45, 7) is 3.23. The van der Waals surface area contributed by atoms with Crippen LogP contribution in [0.25, 0.3) is 5.65 Å². The molecule has 1 aliphatic rings. The number of aromatic nitrogens is 2. The van der Waals surface area contributed by atoms with Gasteiger partial charge >= 0.3 is 0 Å². The van der Waals surface area contributed by atoms with Crippen molar-refractivity contribution in [3.05, 3.63) is 65.1 Å². The number of anilines is 1. The third-order valence-corrected chi connectivity index (χ3v) is 5.31. The first-order chi connectivity index (χ1) is 12.6. The summed E-state index contributed by atoms with van der Waals surface area (Å²) in [5.74, 6) is 0.277. The average Bonchev–Trinajstić information content (AvgIpc) is 3.07. The van der Waals surface area contributed by atoms with Gasteiger partial charge in [-0.2, -0.15) is 0 Å². The molecule has 1 fully saturated rings. The molecule has 4 rings (SSSR count). The minimum absolute atomic E-state index is 0.221. The normalized spacial score (nSPS) is 20.2. The SMILES string of the molecule is C[C@@H]1CC(c2ccc3ncc(C(=O)Nc4ccccc4Cl)n3c2)CCN1. The zero-order valence-corrected chi connectivity index (χ0v) is 15.3. The summed E-state index contributed by atoms with van der Waals surface area (Å²) < 4.78 is 1.87. The van der Waals surface area contributed by atoms with E-state index in [1.165, 1.54) is 5.56 Å². The smallest absolute Gasteiger partial charge is 0.274 e. The monoisotopic (exact) mass is 368 g/mol. The molecule has 6 heteroatoms. The molecule has 0 spiro atoms. The molecule has 1 aromatic carbocycles. The number of imidazole rings is 1. The number of amides is 1. The van der Waals surface area contributed by atoms with Crippen molar-refractivity contribution in [2.24, 2.45) is 0 Å². The fraction of sp³-hybridized carbons (Fsp3) is 0.300. The van der Waals surface area contributed by atoms with Crippen LogP contribution in [0.1, 0.15) is 41.7 Å². The van der Waals surface area contributed by atoms with Gasteiger partial charge in [0.25, 0.3) is 5.91 Å². The lowest BCUT2D eigenvalue weighted by atomic mass is 9.88. The molecule has 1 unspecified atom stereocenters. The second-order valence-corrected chi connectivity index (χ2v) is 7.25. The molecular weight excluding hydrogens is 348 g/mol.